The van der Waals surface area contributed by atoms with E-state index in [-0.39, 0.29) is 51.2 Å². The minimum Gasteiger partial charge on any atom is -0.508 e. The van der Waals surface area contributed by atoms with E-state index in [1.165, 1.54) is 18.2 Å². The van der Waals surface area contributed by atoms with Gasteiger partial charge in [-0.25, -0.2) is 13.2 Å². The third-order valence-electron chi connectivity index (χ3n) is 10.6. The van der Waals surface area contributed by atoms with Crippen molar-refractivity contribution in [3.05, 3.63) is 53.1 Å². The number of fused-ring (bicyclic) bond motifs is 5. The summed E-state index contributed by atoms with van der Waals surface area (Å²) in [5, 5.41) is 26.3. The highest BCUT2D eigenvalue weighted by atomic mass is 35.5. The zero-order valence-electron chi connectivity index (χ0n) is 25.6. The normalized spacial score (nSPS) is 30.9. The van der Waals surface area contributed by atoms with Gasteiger partial charge < -0.3 is 25.2 Å². The lowest BCUT2D eigenvalue weighted by Gasteiger charge is -2.45. The Morgan fingerprint density at radius 2 is 1.96 bits per heavy atom. The number of aliphatic hydroxyl groups is 1. The molecule has 2 bridgehead atoms. The smallest absolute Gasteiger partial charge is 0.319 e. The number of aromatic nitrogens is 2. The Balaban J connectivity index is 1.30. The molecule has 1 aromatic heterocycles. The molecule has 5 heterocycles. The molecule has 4 aromatic rings. The fourth-order valence-corrected chi connectivity index (χ4v) is 8.96. The number of anilines is 1. The third-order valence-corrected chi connectivity index (χ3v) is 10.9. The number of halogens is 4. The predicted molar refractivity (Wildman–Crippen MR) is 170 cm³/mol. The first-order chi connectivity index (χ1) is 21.9. The fourth-order valence-electron chi connectivity index (χ4n) is 8.67. The van der Waals surface area contributed by atoms with E-state index in [1.807, 2.05) is 18.7 Å². The maximum Gasteiger partial charge on any atom is 0.319 e. The van der Waals surface area contributed by atoms with Crippen LogP contribution in [-0.4, -0.2) is 86.8 Å². The van der Waals surface area contributed by atoms with Crippen molar-refractivity contribution in [1.82, 2.24) is 20.2 Å². The van der Waals surface area contributed by atoms with E-state index in [4.69, 9.17) is 21.3 Å². The summed E-state index contributed by atoms with van der Waals surface area (Å²) in [5.74, 6) is -1.70. The number of ether oxygens (including phenoxy) is 1. The van der Waals surface area contributed by atoms with E-state index in [1.54, 1.807) is 18.2 Å². The number of rotatable bonds is 5. The molecule has 5 atom stereocenters. The lowest BCUT2D eigenvalue weighted by atomic mass is 9.95. The number of phenols is 1. The first kappa shape index (κ1) is 30.0. The molecule has 4 aliphatic rings. The Hall–Kier alpha value is -3.38. The molecule has 4 fully saturated rings. The second kappa shape index (κ2) is 10.3. The van der Waals surface area contributed by atoms with Gasteiger partial charge in [-0.15, -0.1) is 0 Å². The Morgan fingerprint density at radius 3 is 2.76 bits per heavy atom. The average molecular weight is 654 g/mol. The molecule has 3 N–H and O–H groups in total. The summed E-state index contributed by atoms with van der Waals surface area (Å²) in [7, 11) is 0. The SMILES string of the molecule is C[C@]12CC(O)[C@@](C)(CN(c3nc(OC[C@@]45CCCN4C[C@H](F)C5)nc4c(F)c(-c5cc(O)cc6cccc(Cl)c56)c(F)cc34)C1)N2. The van der Waals surface area contributed by atoms with Gasteiger partial charge in [0.15, 0.2) is 5.82 Å². The number of phenolic OH excluding ortho intramolecular Hbond substituents is 1. The molecule has 3 aromatic carbocycles. The van der Waals surface area contributed by atoms with E-state index >= 15 is 8.78 Å². The van der Waals surface area contributed by atoms with Crippen LogP contribution in [0.15, 0.2) is 36.4 Å². The average Bonchev–Trinajstić information content (AvgIpc) is 3.55. The van der Waals surface area contributed by atoms with Crippen LogP contribution in [0.4, 0.5) is 19.0 Å². The maximum absolute atomic E-state index is 16.9. The number of benzene rings is 3. The first-order valence-corrected chi connectivity index (χ1v) is 16.1. The van der Waals surface area contributed by atoms with Crippen LogP contribution in [-0.2, 0) is 0 Å². The van der Waals surface area contributed by atoms with E-state index < -0.39 is 40.5 Å². The summed E-state index contributed by atoms with van der Waals surface area (Å²) in [5.41, 5.74) is -2.09. The minimum atomic E-state index is -0.951. The number of hydrogen-bond acceptors (Lipinski definition) is 8. The molecule has 8 rings (SSSR count). The maximum atomic E-state index is 16.9. The number of aromatic hydroxyl groups is 1. The van der Waals surface area contributed by atoms with Crippen molar-refractivity contribution in [2.75, 3.05) is 37.7 Å². The Bertz CT molecular complexity index is 1920. The van der Waals surface area contributed by atoms with E-state index in [9.17, 15) is 14.6 Å². The highest BCUT2D eigenvalue weighted by Crippen LogP contribution is 2.45. The number of nitrogens with zero attached hydrogens (tertiary/aromatic N) is 4. The van der Waals surface area contributed by atoms with Crippen LogP contribution in [0.25, 0.3) is 32.8 Å². The van der Waals surface area contributed by atoms with Crippen molar-refractivity contribution in [1.29, 1.82) is 0 Å². The molecule has 0 spiro atoms. The zero-order valence-corrected chi connectivity index (χ0v) is 26.3. The van der Waals surface area contributed by atoms with Gasteiger partial charge >= 0.3 is 6.01 Å². The summed E-state index contributed by atoms with van der Waals surface area (Å²) < 4.78 is 53.9. The molecular formula is C34H35ClF3N5O3. The number of hydrogen-bond donors (Lipinski definition) is 3. The fraction of sp³-hybridized carbons (Fsp3) is 0.471. The molecule has 4 aliphatic heterocycles. The number of alkyl halides is 1. The molecule has 4 saturated heterocycles. The van der Waals surface area contributed by atoms with Crippen molar-refractivity contribution < 1.29 is 28.1 Å². The van der Waals surface area contributed by atoms with Crippen molar-refractivity contribution in [3.8, 4) is 22.9 Å². The number of piperazine rings is 1. The quantitative estimate of drug-likeness (QED) is 0.251. The van der Waals surface area contributed by atoms with Crippen LogP contribution in [0, 0.1) is 11.6 Å². The second-order valence-electron chi connectivity index (χ2n) is 14.1. The van der Waals surface area contributed by atoms with Crippen molar-refractivity contribution >= 4 is 39.1 Å². The van der Waals surface area contributed by atoms with Gasteiger partial charge in [-0.1, -0.05) is 23.7 Å². The van der Waals surface area contributed by atoms with E-state index in [2.05, 4.69) is 15.2 Å². The van der Waals surface area contributed by atoms with Crippen LogP contribution in [0.5, 0.6) is 11.8 Å². The molecule has 0 amide bonds. The van der Waals surface area contributed by atoms with Crippen LogP contribution in [0.2, 0.25) is 5.02 Å². The van der Waals surface area contributed by atoms with Crippen LogP contribution in [0.1, 0.15) is 39.5 Å². The number of aliphatic hydroxyl groups excluding tert-OH is 1. The van der Waals surface area contributed by atoms with Crippen molar-refractivity contribution in [2.24, 2.45) is 0 Å². The van der Waals surface area contributed by atoms with Crippen LogP contribution >= 0.6 is 11.6 Å². The molecular weight excluding hydrogens is 619 g/mol. The summed E-state index contributed by atoms with van der Waals surface area (Å²) in [4.78, 5) is 13.3. The lowest BCUT2D eigenvalue weighted by molar-refractivity contribution is 0.107. The summed E-state index contributed by atoms with van der Waals surface area (Å²) in [6, 6.07) is 8.92. The Labute approximate surface area is 269 Å². The Morgan fingerprint density at radius 1 is 1.13 bits per heavy atom. The number of nitrogens with one attached hydrogen (secondary N) is 1. The molecule has 0 aliphatic carbocycles. The van der Waals surface area contributed by atoms with Crippen molar-refractivity contribution in [2.45, 2.75) is 68.4 Å². The summed E-state index contributed by atoms with van der Waals surface area (Å²) >= 11 is 6.53. The second-order valence-corrected chi connectivity index (χ2v) is 14.6. The highest BCUT2D eigenvalue weighted by molar-refractivity contribution is 6.36. The van der Waals surface area contributed by atoms with Gasteiger partial charge in [-0.2, -0.15) is 9.97 Å². The molecule has 242 valence electrons. The highest BCUT2D eigenvalue weighted by Gasteiger charge is 2.54. The molecule has 46 heavy (non-hydrogen) atoms. The lowest BCUT2D eigenvalue weighted by Crippen LogP contribution is -2.65. The van der Waals surface area contributed by atoms with E-state index in [0.29, 0.717) is 43.2 Å². The van der Waals surface area contributed by atoms with Gasteiger partial charge in [-0.3, -0.25) is 4.90 Å². The van der Waals surface area contributed by atoms with Gasteiger partial charge in [0.05, 0.1) is 22.7 Å². The largest absolute Gasteiger partial charge is 0.508 e. The first-order valence-electron chi connectivity index (χ1n) is 15.7. The molecule has 12 heteroatoms. The van der Waals surface area contributed by atoms with Gasteiger partial charge in [0.1, 0.15) is 35.7 Å². The summed E-state index contributed by atoms with van der Waals surface area (Å²) in [6.45, 7) is 5.95. The van der Waals surface area contributed by atoms with Gasteiger partial charge in [0, 0.05) is 53.0 Å². The minimum absolute atomic E-state index is 0.0870. The zero-order chi connectivity index (χ0) is 32.2. The topological polar surface area (TPSA) is 94.0 Å². The summed E-state index contributed by atoms with van der Waals surface area (Å²) in [6.07, 6.45) is 0.974. The van der Waals surface area contributed by atoms with Crippen molar-refractivity contribution in [3.63, 3.8) is 0 Å². The van der Waals surface area contributed by atoms with Crippen LogP contribution < -0.4 is 15.0 Å². The standard InChI is InChI=1S/C34H35ClF3N5O3/c1-32-13-25(45)33(2,41-32)16-42(15-32)30-22-11-24(37)27(21-10-20(44)9-18-5-3-6-23(35)26(18)21)28(38)29(22)39-31(40-30)46-17-34-7-4-8-43(34)14-19(36)12-34/h3,5-6,9-11,19,25,41,44-45H,4,7-8,12-17H2,1-2H3/t19-,25?,32+,33-,34+/m1/s1. The van der Waals surface area contributed by atoms with Crippen LogP contribution in [0.3, 0.4) is 0 Å². The van der Waals surface area contributed by atoms with Gasteiger partial charge in [0.25, 0.3) is 0 Å². The van der Waals surface area contributed by atoms with E-state index in [0.717, 1.165) is 19.4 Å². The van der Waals surface area contributed by atoms with Gasteiger partial charge in [-0.05, 0) is 69.3 Å². The molecule has 1 unspecified atom stereocenters. The van der Waals surface area contributed by atoms with Gasteiger partial charge in [0.2, 0.25) is 0 Å². The Kier molecular flexibility index (Phi) is 6.72. The molecule has 8 nitrogen and oxygen atoms in total. The monoisotopic (exact) mass is 653 g/mol. The molecule has 0 radical (unpaired) electrons. The molecule has 0 saturated carbocycles. The third kappa shape index (κ3) is 4.61. The predicted octanol–water partition coefficient (Wildman–Crippen LogP) is 5.73.